The van der Waals surface area contributed by atoms with Crippen molar-refractivity contribution in [1.82, 2.24) is 4.98 Å². The second-order valence-electron chi connectivity index (χ2n) is 4.64. The van der Waals surface area contributed by atoms with Crippen LogP contribution < -0.4 is 10.1 Å². The number of nitrogens with one attached hydrogen (secondary N) is 1. The number of halogens is 1. The fraction of sp³-hybridized carbons (Fsp3) is 0.188. The standard InChI is InChI=1S/C16H15ClN2O4/c1-10(23-16(21)11-6-7-18-14(17)8-11)15(20)19-12-4-3-5-13(9-12)22-2/h3-10H,1-2H3,(H,19,20). The Morgan fingerprint density at radius 3 is 2.74 bits per heavy atom. The molecule has 0 aliphatic rings. The number of hydrogen-bond donors (Lipinski definition) is 1. The third-order valence-corrected chi connectivity index (χ3v) is 3.16. The van der Waals surface area contributed by atoms with E-state index in [1.165, 1.54) is 32.4 Å². The van der Waals surface area contributed by atoms with Crippen molar-refractivity contribution in [2.75, 3.05) is 12.4 Å². The molecule has 23 heavy (non-hydrogen) atoms. The maximum absolute atomic E-state index is 12.1. The average molecular weight is 335 g/mol. The number of amides is 1. The van der Waals surface area contributed by atoms with Crippen LogP contribution in [0.15, 0.2) is 42.6 Å². The molecule has 1 amide bonds. The second kappa shape index (κ2) is 7.60. The van der Waals surface area contributed by atoms with Crippen LogP contribution >= 0.6 is 11.6 Å². The zero-order valence-corrected chi connectivity index (χ0v) is 13.3. The summed E-state index contributed by atoms with van der Waals surface area (Å²) in [5.41, 5.74) is 0.773. The maximum atomic E-state index is 12.1. The number of benzene rings is 1. The lowest BCUT2D eigenvalue weighted by molar-refractivity contribution is -0.123. The summed E-state index contributed by atoms with van der Waals surface area (Å²) < 4.78 is 10.2. The summed E-state index contributed by atoms with van der Waals surface area (Å²) in [7, 11) is 1.53. The quantitative estimate of drug-likeness (QED) is 0.672. The van der Waals surface area contributed by atoms with E-state index in [1.807, 2.05) is 0 Å². The predicted molar refractivity (Wildman–Crippen MR) is 85.7 cm³/mol. The normalized spacial score (nSPS) is 11.4. The van der Waals surface area contributed by atoms with Gasteiger partial charge in [-0.2, -0.15) is 0 Å². The number of anilines is 1. The van der Waals surface area contributed by atoms with Gasteiger partial charge in [-0.3, -0.25) is 4.79 Å². The summed E-state index contributed by atoms with van der Waals surface area (Å²) in [6, 6.07) is 9.69. The number of carbonyl (C=O) groups is 2. The van der Waals surface area contributed by atoms with Crippen molar-refractivity contribution >= 4 is 29.2 Å². The Morgan fingerprint density at radius 1 is 1.26 bits per heavy atom. The lowest BCUT2D eigenvalue weighted by Crippen LogP contribution is -2.30. The Hall–Kier alpha value is -2.60. The molecule has 0 radical (unpaired) electrons. The van der Waals surface area contributed by atoms with Crippen LogP contribution in [-0.2, 0) is 9.53 Å². The number of nitrogens with zero attached hydrogens (tertiary/aromatic N) is 1. The molecule has 1 N–H and O–H groups in total. The summed E-state index contributed by atoms with van der Waals surface area (Å²) in [5.74, 6) is -0.492. The van der Waals surface area contributed by atoms with Crippen LogP contribution in [-0.4, -0.2) is 30.1 Å². The van der Waals surface area contributed by atoms with Crippen LogP contribution in [0.1, 0.15) is 17.3 Å². The van der Waals surface area contributed by atoms with Gasteiger partial charge in [-0.25, -0.2) is 9.78 Å². The van der Waals surface area contributed by atoms with Crippen LogP contribution in [0.25, 0.3) is 0 Å². The first-order valence-corrected chi connectivity index (χ1v) is 7.15. The largest absolute Gasteiger partial charge is 0.497 e. The minimum absolute atomic E-state index is 0.174. The number of carbonyl (C=O) groups excluding carboxylic acids is 2. The van der Waals surface area contributed by atoms with Gasteiger partial charge in [-0.15, -0.1) is 0 Å². The molecule has 0 aliphatic heterocycles. The highest BCUT2D eigenvalue weighted by atomic mass is 35.5. The molecule has 2 aromatic rings. The number of ether oxygens (including phenoxy) is 2. The molecule has 0 spiro atoms. The lowest BCUT2D eigenvalue weighted by atomic mass is 10.2. The second-order valence-corrected chi connectivity index (χ2v) is 5.02. The molecule has 1 heterocycles. The van der Waals surface area contributed by atoms with Crippen LogP contribution in [0.4, 0.5) is 5.69 Å². The predicted octanol–water partition coefficient (Wildman–Crippen LogP) is 2.93. The van der Waals surface area contributed by atoms with Gasteiger partial charge in [0.05, 0.1) is 12.7 Å². The lowest BCUT2D eigenvalue weighted by Gasteiger charge is -2.14. The van der Waals surface area contributed by atoms with Gasteiger partial charge < -0.3 is 14.8 Å². The number of aromatic nitrogens is 1. The van der Waals surface area contributed by atoms with Crippen LogP contribution in [0.3, 0.4) is 0 Å². The Balaban J connectivity index is 1.98. The summed E-state index contributed by atoms with van der Waals surface area (Å²) in [5, 5.41) is 2.82. The van der Waals surface area contributed by atoms with Gasteiger partial charge in [0.25, 0.3) is 5.91 Å². The molecule has 6 nitrogen and oxygen atoms in total. The summed E-state index contributed by atoms with van der Waals surface area (Å²) in [4.78, 5) is 27.8. The zero-order chi connectivity index (χ0) is 16.8. The Kier molecular flexibility index (Phi) is 5.54. The highest BCUT2D eigenvalue weighted by molar-refractivity contribution is 6.29. The van der Waals surface area contributed by atoms with E-state index in [0.29, 0.717) is 11.4 Å². The van der Waals surface area contributed by atoms with E-state index in [0.717, 1.165) is 0 Å². The molecule has 0 aliphatic carbocycles. The fourth-order valence-electron chi connectivity index (χ4n) is 1.76. The van der Waals surface area contributed by atoms with Crippen LogP contribution in [0.2, 0.25) is 5.15 Å². The molecule has 0 saturated carbocycles. The van der Waals surface area contributed by atoms with Crippen molar-refractivity contribution in [1.29, 1.82) is 0 Å². The summed E-state index contributed by atoms with van der Waals surface area (Å²) in [6.45, 7) is 1.48. The highest BCUT2D eigenvalue weighted by Gasteiger charge is 2.19. The van der Waals surface area contributed by atoms with E-state index < -0.39 is 18.0 Å². The summed E-state index contributed by atoms with van der Waals surface area (Å²) in [6.07, 6.45) is 0.417. The smallest absolute Gasteiger partial charge is 0.339 e. The molecule has 1 unspecified atom stereocenters. The zero-order valence-electron chi connectivity index (χ0n) is 12.6. The number of methoxy groups -OCH3 is 1. The molecule has 120 valence electrons. The Labute approximate surface area is 138 Å². The van der Waals surface area contributed by atoms with Gasteiger partial charge in [0.2, 0.25) is 0 Å². The number of esters is 1. The van der Waals surface area contributed by atoms with Crippen molar-refractivity contribution < 1.29 is 19.1 Å². The SMILES string of the molecule is COc1cccc(NC(=O)C(C)OC(=O)c2ccnc(Cl)c2)c1. The van der Waals surface area contributed by atoms with Gasteiger partial charge in [0.1, 0.15) is 10.9 Å². The van der Waals surface area contributed by atoms with E-state index in [2.05, 4.69) is 10.3 Å². The van der Waals surface area contributed by atoms with Crippen molar-refractivity contribution in [2.45, 2.75) is 13.0 Å². The minimum atomic E-state index is -0.972. The maximum Gasteiger partial charge on any atom is 0.339 e. The fourth-order valence-corrected chi connectivity index (χ4v) is 1.93. The van der Waals surface area contributed by atoms with E-state index >= 15 is 0 Å². The van der Waals surface area contributed by atoms with Crippen LogP contribution in [0, 0.1) is 0 Å². The molecular formula is C16H15ClN2O4. The van der Waals surface area contributed by atoms with Gasteiger partial charge in [-0.05, 0) is 31.2 Å². The molecule has 7 heteroatoms. The number of rotatable bonds is 5. The molecule has 0 bridgehead atoms. The molecule has 1 aromatic heterocycles. The van der Waals surface area contributed by atoms with E-state index in [4.69, 9.17) is 21.1 Å². The number of pyridine rings is 1. The van der Waals surface area contributed by atoms with Crippen molar-refractivity contribution in [3.05, 3.63) is 53.3 Å². The molecular weight excluding hydrogens is 320 g/mol. The molecule has 2 rings (SSSR count). The van der Waals surface area contributed by atoms with E-state index in [-0.39, 0.29) is 10.7 Å². The monoisotopic (exact) mass is 334 g/mol. The van der Waals surface area contributed by atoms with Crippen molar-refractivity contribution in [2.24, 2.45) is 0 Å². The first kappa shape index (κ1) is 16.8. The molecule has 1 aromatic carbocycles. The first-order chi connectivity index (χ1) is 11.0. The van der Waals surface area contributed by atoms with Gasteiger partial charge in [0, 0.05) is 18.0 Å². The first-order valence-electron chi connectivity index (χ1n) is 6.77. The number of hydrogen-bond acceptors (Lipinski definition) is 5. The van der Waals surface area contributed by atoms with E-state index in [9.17, 15) is 9.59 Å². The molecule has 1 atom stereocenters. The molecule has 0 fully saturated rings. The third kappa shape index (κ3) is 4.69. The third-order valence-electron chi connectivity index (χ3n) is 2.95. The van der Waals surface area contributed by atoms with Crippen molar-refractivity contribution in [3.8, 4) is 5.75 Å². The highest BCUT2D eigenvalue weighted by Crippen LogP contribution is 2.17. The minimum Gasteiger partial charge on any atom is -0.497 e. The van der Waals surface area contributed by atoms with Crippen LogP contribution in [0.5, 0.6) is 5.75 Å². The average Bonchev–Trinajstić information content (AvgIpc) is 2.54. The Morgan fingerprint density at radius 2 is 2.04 bits per heavy atom. The summed E-state index contributed by atoms with van der Waals surface area (Å²) >= 11 is 5.71. The van der Waals surface area contributed by atoms with Gasteiger partial charge >= 0.3 is 5.97 Å². The van der Waals surface area contributed by atoms with E-state index in [1.54, 1.807) is 24.3 Å². The van der Waals surface area contributed by atoms with Crippen molar-refractivity contribution in [3.63, 3.8) is 0 Å². The Bertz CT molecular complexity index is 721. The van der Waals surface area contributed by atoms with Gasteiger partial charge in [-0.1, -0.05) is 17.7 Å². The topological polar surface area (TPSA) is 77.5 Å². The molecule has 0 saturated heterocycles. The van der Waals surface area contributed by atoms with Gasteiger partial charge in [0.15, 0.2) is 6.10 Å².